The monoisotopic (exact) mass is 283 g/mol. The molecule has 1 N–H and O–H groups in total. The number of para-hydroxylation sites is 1. The van der Waals surface area contributed by atoms with Gasteiger partial charge in [-0.25, -0.2) is 4.68 Å². The molecular formula is C18H25N3. The maximum absolute atomic E-state index is 4.34. The zero-order valence-electron chi connectivity index (χ0n) is 12.8. The summed E-state index contributed by atoms with van der Waals surface area (Å²) in [6, 6.07) is 10.5. The lowest BCUT2D eigenvalue weighted by Crippen LogP contribution is -2.26. The molecule has 1 heterocycles. The highest BCUT2D eigenvalue weighted by molar-refractivity contribution is 5.40. The Bertz CT molecular complexity index is 539. The fourth-order valence-electron chi connectivity index (χ4n) is 3.24. The van der Waals surface area contributed by atoms with Gasteiger partial charge in [-0.15, -0.1) is 0 Å². The van der Waals surface area contributed by atoms with Gasteiger partial charge >= 0.3 is 0 Å². The zero-order chi connectivity index (χ0) is 14.5. The molecule has 1 aromatic carbocycles. The van der Waals surface area contributed by atoms with Gasteiger partial charge in [0.25, 0.3) is 0 Å². The quantitative estimate of drug-likeness (QED) is 0.905. The van der Waals surface area contributed by atoms with Crippen molar-refractivity contribution in [1.82, 2.24) is 15.1 Å². The Hall–Kier alpha value is -1.61. The minimum atomic E-state index is 0.859. The van der Waals surface area contributed by atoms with E-state index in [0.29, 0.717) is 0 Å². The van der Waals surface area contributed by atoms with Gasteiger partial charge < -0.3 is 5.32 Å². The SMILES string of the molecule is CC1CCC(CNCc2ccccc2-n2cccn2)CC1. The molecule has 112 valence electrons. The molecule has 0 unspecified atom stereocenters. The zero-order valence-corrected chi connectivity index (χ0v) is 12.8. The molecule has 0 radical (unpaired) electrons. The lowest BCUT2D eigenvalue weighted by molar-refractivity contribution is 0.281. The van der Waals surface area contributed by atoms with Crippen LogP contribution >= 0.6 is 0 Å². The normalized spacial score (nSPS) is 22.3. The van der Waals surface area contributed by atoms with E-state index in [9.17, 15) is 0 Å². The Morgan fingerprint density at radius 3 is 2.71 bits per heavy atom. The van der Waals surface area contributed by atoms with E-state index in [-0.39, 0.29) is 0 Å². The molecule has 0 amide bonds. The van der Waals surface area contributed by atoms with Gasteiger partial charge in [-0.1, -0.05) is 38.0 Å². The van der Waals surface area contributed by atoms with Crippen LogP contribution in [0.1, 0.15) is 38.2 Å². The molecular weight excluding hydrogens is 258 g/mol. The number of nitrogens with one attached hydrogen (secondary N) is 1. The summed E-state index contributed by atoms with van der Waals surface area (Å²) in [6.45, 7) is 4.44. The predicted octanol–water partition coefficient (Wildman–Crippen LogP) is 3.79. The molecule has 1 saturated carbocycles. The van der Waals surface area contributed by atoms with E-state index in [1.54, 1.807) is 0 Å². The molecule has 0 bridgehead atoms. The molecule has 1 fully saturated rings. The first-order chi connectivity index (χ1) is 10.3. The van der Waals surface area contributed by atoms with E-state index >= 15 is 0 Å². The van der Waals surface area contributed by atoms with Crippen molar-refractivity contribution in [3.8, 4) is 5.69 Å². The number of benzene rings is 1. The fraction of sp³-hybridized carbons (Fsp3) is 0.500. The standard InChI is InChI=1S/C18H25N3/c1-15-7-9-16(10-8-15)13-19-14-17-5-2-3-6-18(17)21-12-4-11-20-21/h2-6,11-12,15-16,19H,7-10,13-14H2,1H3. The van der Waals surface area contributed by atoms with Crippen LogP contribution in [0.3, 0.4) is 0 Å². The third-order valence-electron chi connectivity index (χ3n) is 4.63. The molecule has 3 nitrogen and oxygen atoms in total. The first-order valence-electron chi connectivity index (χ1n) is 8.11. The fourth-order valence-corrected chi connectivity index (χ4v) is 3.24. The number of hydrogen-bond donors (Lipinski definition) is 1. The van der Waals surface area contributed by atoms with E-state index in [1.807, 2.05) is 23.1 Å². The molecule has 0 aliphatic heterocycles. The molecule has 0 spiro atoms. The summed E-state index contributed by atoms with van der Waals surface area (Å²) in [6.07, 6.45) is 9.39. The molecule has 1 aromatic heterocycles. The molecule has 21 heavy (non-hydrogen) atoms. The molecule has 1 aliphatic carbocycles. The molecule has 3 heteroatoms. The van der Waals surface area contributed by atoms with Crippen molar-refractivity contribution in [2.45, 2.75) is 39.2 Å². The third kappa shape index (κ3) is 3.73. The minimum Gasteiger partial charge on any atom is -0.312 e. The topological polar surface area (TPSA) is 29.9 Å². The third-order valence-corrected chi connectivity index (χ3v) is 4.63. The van der Waals surface area contributed by atoms with E-state index < -0.39 is 0 Å². The van der Waals surface area contributed by atoms with Crippen LogP contribution in [-0.2, 0) is 6.54 Å². The van der Waals surface area contributed by atoms with Crippen molar-refractivity contribution >= 4 is 0 Å². The second kappa shape index (κ2) is 6.90. The highest BCUT2D eigenvalue weighted by Gasteiger charge is 2.17. The van der Waals surface area contributed by atoms with Gasteiger partial charge in [-0.2, -0.15) is 5.10 Å². The summed E-state index contributed by atoms with van der Waals surface area (Å²) in [7, 11) is 0. The number of aromatic nitrogens is 2. The smallest absolute Gasteiger partial charge is 0.0690 e. The maximum Gasteiger partial charge on any atom is 0.0690 e. The van der Waals surface area contributed by atoms with Crippen molar-refractivity contribution in [1.29, 1.82) is 0 Å². The summed E-state index contributed by atoms with van der Waals surface area (Å²) in [5.74, 6) is 1.79. The number of hydrogen-bond acceptors (Lipinski definition) is 2. The molecule has 0 saturated heterocycles. The van der Waals surface area contributed by atoms with E-state index in [0.717, 1.165) is 24.9 Å². The van der Waals surface area contributed by atoms with Crippen molar-refractivity contribution in [3.63, 3.8) is 0 Å². The summed E-state index contributed by atoms with van der Waals surface area (Å²) >= 11 is 0. The van der Waals surface area contributed by atoms with Crippen molar-refractivity contribution in [3.05, 3.63) is 48.3 Å². The first-order valence-corrected chi connectivity index (χ1v) is 8.11. The lowest BCUT2D eigenvalue weighted by Gasteiger charge is -2.26. The highest BCUT2D eigenvalue weighted by atomic mass is 15.3. The second-order valence-electron chi connectivity index (χ2n) is 6.34. The molecule has 3 rings (SSSR count). The second-order valence-corrected chi connectivity index (χ2v) is 6.34. The minimum absolute atomic E-state index is 0.859. The number of rotatable bonds is 5. The summed E-state index contributed by atoms with van der Waals surface area (Å²) < 4.78 is 1.94. The average Bonchev–Trinajstić information content (AvgIpc) is 3.04. The van der Waals surface area contributed by atoms with E-state index in [4.69, 9.17) is 0 Å². The van der Waals surface area contributed by atoms with Gasteiger partial charge in [0.2, 0.25) is 0 Å². The number of nitrogens with zero attached hydrogens (tertiary/aromatic N) is 2. The Kier molecular flexibility index (Phi) is 4.71. The first kappa shape index (κ1) is 14.3. The van der Waals surface area contributed by atoms with Crippen LogP contribution in [0.15, 0.2) is 42.7 Å². The van der Waals surface area contributed by atoms with Gasteiger partial charge in [0.15, 0.2) is 0 Å². The maximum atomic E-state index is 4.34. The molecule has 1 aliphatic rings. The van der Waals surface area contributed by atoms with E-state index in [2.05, 4.69) is 41.6 Å². The summed E-state index contributed by atoms with van der Waals surface area (Å²) in [5, 5.41) is 7.99. The van der Waals surface area contributed by atoms with Crippen molar-refractivity contribution in [2.75, 3.05) is 6.54 Å². The summed E-state index contributed by atoms with van der Waals surface area (Å²) in [5.41, 5.74) is 2.48. The van der Waals surface area contributed by atoms with Gasteiger partial charge in [-0.3, -0.25) is 0 Å². The van der Waals surface area contributed by atoms with Crippen LogP contribution in [0.25, 0.3) is 5.69 Å². The average molecular weight is 283 g/mol. The van der Waals surface area contributed by atoms with Crippen LogP contribution in [0.2, 0.25) is 0 Å². The van der Waals surface area contributed by atoms with Gasteiger partial charge in [0.1, 0.15) is 0 Å². The van der Waals surface area contributed by atoms with Crippen LogP contribution in [0.5, 0.6) is 0 Å². The summed E-state index contributed by atoms with van der Waals surface area (Å²) in [4.78, 5) is 0. The molecule has 2 aromatic rings. The van der Waals surface area contributed by atoms with Crippen molar-refractivity contribution in [2.24, 2.45) is 11.8 Å². The predicted molar refractivity (Wildman–Crippen MR) is 86.4 cm³/mol. The van der Waals surface area contributed by atoms with Gasteiger partial charge in [0, 0.05) is 18.9 Å². The van der Waals surface area contributed by atoms with Gasteiger partial charge in [-0.05, 0) is 48.9 Å². The van der Waals surface area contributed by atoms with Crippen LogP contribution in [-0.4, -0.2) is 16.3 Å². The Morgan fingerprint density at radius 1 is 1.14 bits per heavy atom. The van der Waals surface area contributed by atoms with Crippen LogP contribution in [0.4, 0.5) is 0 Å². The Balaban J connectivity index is 1.56. The van der Waals surface area contributed by atoms with Gasteiger partial charge in [0.05, 0.1) is 5.69 Å². The highest BCUT2D eigenvalue weighted by Crippen LogP contribution is 2.27. The molecule has 0 atom stereocenters. The van der Waals surface area contributed by atoms with Crippen LogP contribution < -0.4 is 5.32 Å². The lowest BCUT2D eigenvalue weighted by atomic mass is 9.83. The van der Waals surface area contributed by atoms with Crippen molar-refractivity contribution < 1.29 is 0 Å². The van der Waals surface area contributed by atoms with Crippen LogP contribution in [0, 0.1) is 11.8 Å². The Morgan fingerprint density at radius 2 is 1.95 bits per heavy atom. The van der Waals surface area contributed by atoms with E-state index in [1.165, 1.54) is 36.9 Å². The largest absolute Gasteiger partial charge is 0.312 e. The Labute approximate surface area is 127 Å².